The minimum absolute atomic E-state index is 0.261. The number of carbonyl (C=O) groups is 1. The number of halogens is 3. The summed E-state index contributed by atoms with van der Waals surface area (Å²) in [7, 11) is 0. The van der Waals surface area contributed by atoms with Crippen LogP contribution in [-0.2, 0) is 9.53 Å². The van der Waals surface area contributed by atoms with E-state index in [2.05, 4.69) is 25.2 Å². The third-order valence-electron chi connectivity index (χ3n) is 4.19. The second-order valence-electron chi connectivity index (χ2n) is 7.29. The van der Waals surface area contributed by atoms with Gasteiger partial charge in [0.25, 0.3) is 0 Å². The molecule has 0 saturated carbocycles. The van der Waals surface area contributed by atoms with Gasteiger partial charge in [0.05, 0.1) is 19.5 Å². The lowest BCUT2D eigenvalue weighted by molar-refractivity contribution is -0.129. The highest BCUT2D eigenvalue weighted by Gasteiger charge is 2.39. The summed E-state index contributed by atoms with van der Waals surface area (Å²) in [6.07, 6.45) is 1.96. The van der Waals surface area contributed by atoms with E-state index < -0.39 is 15.4 Å². The van der Waals surface area contributed by atoms with Crippen LogP contribution >= 0.6 is 34.8 Å². The zero-order valence-electron chi connectivity index (χ0n) is 15.2. The van der Waals surface area contributed by atoms with Crippen LogP contribution in [0, 0.1) is 5.41 Å². The molecule has 1 atom stereocenters. The Hall–Kier alpha value is -1.35. The molecule has 1 saturated heterocycles. The molecule has 0 spiro atoms. The molecule has 11 heteroatoms. The number of imidazole rings is 1. The zero-order valence-corrected chi connectivity index (χ0v) is 17.5. The number of rotatable bonds is 3. The third-order valence-corrected chi connectivity index (χ3v) is 4.81. The van der Waals surface area contributed by atoms with Crippen LogP contribution in [0.2, 0.25) is 0 Å². The number of carbonyl (C=O) groups excluding carboxylic acids is 1. The molecule has 1 N–H and O–H groups in total. The Kier molecular flexibility index (Phi) is 5.72. The Morgan fingerprint density at radius 3 is 2.44 bits per heavy atom. The molecule has 3 rings (SSSR count). The smallest absolute Gasteiger partial charge is 0.229 e. The first-order valence-corrected chi connectivity index (χ1v) is 9.60. The quantitative estimate of drug-likeness (QED) is 0.746. The topological polar surface area (TPSA) is 85.2 Å². The SMILES string of the molecule is CC(C)(C)C(=O)N[C@H](n1cnc2c(N3CCOCC3)ncnc21)C(Cl)(Cl)Cl. The highest BCUT2D eigenvalue weighted by Crippen LogP contribution is 2.39. The van der Waals surface area contributed by atoms with Crippen LogP contribution in [0.3, 0.4) is 0 Å². The van der Waals surface area contributed by atoms with Crippen LogP contribution in [-0.4, -0.2) is 55.5 Å². The van der Waals surface area contributed by atoms with E-state index >= 15 is 0 Å². The Balaban J connectivity index is 2.02. The fraction of sp³-hybridized carbons (Fsp3) is 0.625. The molecule has 8 nitrogen and oxygen atoms in total. The van der Waals surface area contributed by atoms with Crippen molar-refractivity contribution in [2.24, 2.45) is 5.41 Å². The number of nitrogens with zero attached hydrogens (tertiary/aromatic N) is 5. The molecule has 0 bridgehead atoms. The molecule has 27 heavy (non-hydrogen) atoms. The highest BCUT2D eigenvalue weighted by molar-refractivity contribution is 6.68. The summed E-state index contributed by atoms with van der Waals surface area (Å²) in [6.45, 7) is 7.98. The van der Waals surface area contributed by atoms with Crippen LogP contribution in [0.25, 0.3) is 11.2 Å². The van der Waals surface area contributed by atoms with Gasteiger partial charge in [-0.1, -0.05) is 55.6 Å². The molecule has 1 aliphatic rings. The average molecular weight is 436 g/mol. The average Bonchev–Trinajstić information content (AvgIpc) is 3.02. The first-order chi connectivity index (χ1) is 12.6. The largest absolute Gasteiger partial charge is 0.378 e. The van der Waals surface area contributed by atoms with Crippen molar-refractivity contribution in [1.29, 1.82) is 0 Å². The maximum atomic E-state index is 12.5. The molecule has 148 valence electrons. The van der Waals surface area contributed by atoms with Gasteiger partial charge in [-0.3, -0.25) is 9.36 Å². The predicted octanol–water partition coefficient (Wildman–Crippen LogP) is 2.69. The molecule has 1 fully saturated rings. The van der Waals surface area contributed by atoms with Crippen LogP contribution < -0.4 is 10.2 Å². The summed E-state index contributed by atoms with van der Waals surface area (Å²) in [5, 5.41) is 2.78. The number of anilines is 1. The minimum Gasteiger partial charge on any atom is -0.378 e. The van der Waals surface area contributed by atoms with Crippen molar-refractivity contribution in [3.05, 3.63) is 12.7 Å². The Morgan fingerprint density at radius 1 is 1.19 bits per heavy atom. The molecule has 2 aromatic heterocycles. The number of alkyl halides is 3. The predicted molar refractivity (Wildman–Crippen MR) is 105 cm³/mol. The van der Waals surface area contributed by atoms with Gasteiger partial charge in [-0.2, -0.15) is 0 Å². The van der Waals surface area contributed by atoms with Crippen molar-refractivity contribution >= 4 is 57.7 Å². The summed E-state index contributed by atoms with van der Waals surface area (Å²) < 4.78 is 5.13. The normalized spacial score (nSPS) is 17.2. The first kappa shape index (κ1) is 20.4. The summed E-state index contributed by atoms with van der Waals surface area (Å²) >= 11 is 18.5. The van der Waals surface area contributed by atoms with Crippen LogP contribution in [0.1, 0.15) is 26.9 Å². The van der Waals surface area contributed by atoms with Crippen LogP contribution in [0.5, 0.6) is 0 Å². The number of hydrogen-bond acceptors (Lipinski definition) is 6. The van der Waals surface area contributed by atoms with Gasteiger partial charge < -0.3 is 15.0 Å². The number of hydrogen-bond donors (Lipinski definition) is 1. The van der Waals surface area contributed by atoms with E-state index in [0.29, 0.717) is 43.3 Å². The maximum absolute atomic E-state index is 12.5. The number of fused-ring (bicyclic) bond motifs is 1. The number of nitrogens with one attached hydrogen (secondary N) is 1. The lowest BCUT2D eigenvalue weighted by Gasteiger charge is -2.30. The molecule has 1 aliphatic heterocycles. The minimum atomic E-state index is -1.81. The fourth-order valence-electron chi connectivity index (χ4n) is 2.68. The second-order valence-corrected chi connectivity index (χ2v) is 9.66. The Morgan fingerprint density at radius 2 is 1.85 bits per heavy atom. The van der Waals surface area contributed by atoms with Gasteiger partial charge in [0.15, 0.2) is 23.1 Å². The number of morpholine rings is 1. The molecule has 0 unspecified atom stereocenters. The highest BCUT2D eigenvalue weighted by atomic mass is 35.6. The summed E-state index contributed by atoms with van der Waals surface area (Å²) in [6, 6.07) is 0. The van der Waals surface area contributed by atoms with Crippen molar-refractivity contribution in [2.45, 2.75) is 30.7 Å². The van der Waals surface area contributed by atoms with E-state index in [1.54, 1.807) is 25.3 Å². The number of ether oxygens (including phenoxy) is 1. The van der Waals surface area contributed by atoms with E-state index in [1.807, 2.05) is 0 Å². The fourth-order valence-corrected chi connectivity index (χ4v) is 3.16. The van der Waals surface area contributed by atoms with Gasteiger partial charge in [0.2, 0.25) is 9.70 Å². The van der Waals surface area contributed by atoms with E-state index in [1.165, 1.54) is 12.7 Å². The van der Waals surface area contributed by atoms with E-state index in [-0.39, 0.29) is 5.91 Å². The first-order valence-electron chi connectivity index (χ1n) is 8.47. The van der Waals surface area contributed by atoms with Crippen molar-refractivity contribution < 1.29 is 9.53 Å². The summed E-state index contributed by atoms with van der Waals surface area (Å²) in [4.78, 5) is 27.7. The van der Waals surface area contributed by atoms with Crippen LogP contribution in [0.4, 0.5) is 5.82 Å². The lowest BCUT2D eigenvalue weighted by Crippen LogP contribution is -2.44. The van der Waals surface area contributed by atoms with E-state index in [4.69, 9.17) is 39.5 Å². The molecule has 0 aliphatic carbocycles. The van der Waals surface area contributed by atoms with Gasteiger partial charge in [-0.05, 0) is 0 Å². The maximum Gasteiger partial charge on any atom is 0.229 e. The molecule has 3 heterocycles. The second kappa shape index (κ2) is 7.58. The Bertz CT molecular complexity index is 824. The number of aromatic nitrogens is 4. The molecule has 1 amide bonds. The van der Waals surface area contributed by atoms with E-state index in [0.717, 1.165) is 0 Å². The lowest BCUT2D eigenvalue weighted by atomic mass is 9.95. The van der Waals surface area contributed by atoms with Crippen LogP contribution in [0.15, 0.2) is 12.7 Å². The zero-order chi connectivity index (χ0) is 19.8. The molecule has 0 aromatic carbocycles. The van der Waals surface area contributed by atoms with Gasteiger partial charge in [0, 0.05) is 18.5 Å². The van der Waals surface area contributed by atoms with Gasteiger partial charge in [0.1, 0.15) is 6.33 Å². The van der Waals surface area contributed by atoms with Crippen molar-refractivity contribution in [3.63, 3.8) is 0 Å². The van der Waals surface area contributed by atoms with Gasteiger partial charge >= 0.3 is 0 Å². The van der Waals surface area contributed by atoms with Gasteiger partial charge in [-0.15, -0.1) is 0 Å². The van der Waals surface area contributed by atoms with Gasteiger partial charge in [-0.25, -0.2) is 15.0 Å². The standard InChI is InChI=1S/C16H21Cl3N6O2/c1-15(2,3)14(26)23-13(16(17,18)19)25-9-22-10-11(20-8-21-12(10)25)24-4-6-27-7-5-24/h8-9,13H,4-7H2,1-3H3,(H,23,26)/t13-/m1/s1. The Labute approximate surface area is 172 Å². The molecular formula is C16H21Cl3N6O2. The van der Waals surface area contributed by atoms with Crippen molar-refractivity contribution in [1.82, 2.24) is 24.8 Å². The number of amides is 1. The monoisotopic (exact) mass is 434 g/mol. The van der Waals surface area contributed by atoms with E-state index in [9.17, 15) is 4.79 Å². The molecule has 2 aromatic rings. The summed E-state index contributed by atoms with van der Waals surface area (Å²) in [5.74, 6) is 0.426. The van der Waals surface area contributed by atoms with Crippen molar-refractivity contribution in [2.75, 3.05) is 31.2 Å². The molecule has 0 radical (unpaired) electrons. The van der Waals surface area contributed by atoms with Crippen molar-refractivity contribution in [3.8, 4) is 0 Å². The summed E-state index contributed by atoms with van der Waals surface area (Å²) in [5.41, 5.74) is 0.388. The molecular weight excluding hydrogens is 415 g/mol. The third kappa shape index (κ3) is 4.39.